The molecule has 1 aromatic rings. The minimum Gasteiger partial charge on any atom is -0.380 e. The fraction of sp³-hybridized carbons (Fsp3) is 0.154. The first-order chi connectivity index (χ1) is 9.08. The van der Waals surface area contributed by atoms with Gasteiger partial charge in [0.2, 0.25) is 5.43 Å². The molecule has 3 heterocycles. The molecule has 0 unspecified atom stereocenters. The van der Waals surface area contributed by atoms with Gasteiger partial charge >= 0.3 is 0 Å². The Balaban J connectivity index is 2.21. The highest BCUT2D eigenvalue weighted by molar-refractivity contribution is 6.17. The summed E-state index contributed by atoms with van der Waals surface area (Å²) in [6.07, 6.45) is 7.22. The summed E-state index contributed by atoms with van der Waals surface area (Å²) in [5, 5.41) is 1.42. The van der Waals surface area contributed by atoms with Gasteiger partial charge in [0.1, 0.15) is 5.76 Å². The van der Waals surface area contributed by atoms with Gasteiger partial charge < -0.3 is 9.74 Å². The van der Waals surface area contributed by atoms with Gasteiger partial charge in [-0.05, 0) is 13.0 Å². The molecule has 0 spiro atoms. The van der Waals surface area contributed by atoms with Crippen LogP contribution in [0.15, 0.2) is 53.4 Å². The van der Waals surface area contributed by atoms with Crippen molar-refractivity contribution in [1.29, 1.82) is 0 Å². The molecule has 2 aliphatic heterocycles. The Labute approximate surface area is 115 Å². The average molecular weight is 278 g/mol. The highest BCUT2D eigenvalue weighted by Crippen LogP contribution is 2.37. The zero-order chi connectivity index (χ0) is 13.6. The number of rotatable bonds is 2. The lowest BCUT2D eigenvalue weighted by Crippen LogP contribution is -2.34. The van der Waals surface area contributed by atoms with E-state index in [1.165, 1.54) is 21.4 Å². The molecule has 0 fully saturated rings. The second-order valence-electron chi connectivity index (χ2n) is 4.35. The first-order valence-corrected chi connectivity index (χ1v) is 6.12. The molecule has 0 saturated carbocycles. The number of anilines is 2. The van der Waals surface area contributed by atoms with Crippen molar-refractivity contribution in [3.05, 3.63) is 58.9 Å². The summed E-state index contributed by atoms with van der Waals surface area (Å²) in [4.78, 5) is 19.5. The zero-order valence-electron chi connectivity index (χ0n) is 10.3. The smallest absolute Gasteiger partial charge is 0.210 e. The largest absolute Gasteiger partial charge is 0.380 e. The molecule has 6 heteroatoms. The highest BCUT2D eigenvalue weighted by atomic mass is 35.5. The number of halogens is 1. The summed E-state index contributed by atoms with van der Waals surface area (Å²) < 4.78 is 1.39. The molecule has 0 saturated heterocycles. The molecule has 3 rings (SSSR count). The molecular weight excluding hydrogens is 266 g/mol. The van der Waals surface area contributed by atoms with Gasteiger partial charge in [0.05, 0.1) is 11.9 Å². The molecule has 0 aromatic carbocycles. The second kappa shape index (κ2) is 4.20. The van der Waals surface area contributed by atoms with Crippen molar-refractivity contribution in [2.24, 2.45) is 0 Å². The number of hydrogen-bond acceptors (Lipinski definition) is 4. The number of aromatic nitrogens is 1. The third-order valence-corrected chi connectivity index (χ3v) is 3.15. The predicted molar refractivity (Wildman–Crippen MR) is 74.9 cm³/mol. The van der Waals surface area contributed by atoms with Crippen LogP contribution in [0.5, 0.6) is 0 Å². The Morgan fingerprint density at radius 3 is 3.05 bits per heavy atom. The fourth-order valence-corrected chi connectivity index (χ4v) is 2.39. The summed E-state index contributed by atoms with van der Waals surface area (Å²) in [5.74, 6) is 1.08. The van der Waals surface area contributed by atoms with Crippen LogP contribution in [0.2, 0.25) is 0 Å². The SMILES string of the molecule is C=C(C)ON1C=C2C=CCN2c2c1c(=O)ccn2Cl. The Morgan fingerprint density at radius 2 is 2.32 bits per heavy atom. The van der Waals surface area contributed by atoms with Crippen LogP contribution in [0.25, 0.3) is 0 Å². The Kier molecular flexibility index (Phi) is 2.64. The standard InChI is InChI=1S/C13H12ClN3O2/c1-9(2)19-17-8-10-4-3-6-15(10)13-12(17)11(18)5-7-16(13)14/h3-5,7-8H,1,6H2,2H3. The van der Waals surface area contributed by atoms with Gasteiger partial charge in [0.25, 0.3) is 0 Å². The van der Waals surface area contributed by atoms with Crippen LogP contribution < -0.4 is 15.4 Å². The molecule has 2 aliphatic rings. The van der Waals surface area contributed by atoms with Crippen LogP contribution in [0.3, 0.4) is 0 Å². The van der Waals surface area contributed by atoms with Crippen LogP contribution in [-0.4, -0.2) is 10.6 Å². The first kappa shape index (κ1) is 11.9. The maximum atomic E-state index is 12.1. The maximum absolute atomic E-state index is 12.1. The van der Waals surface area contributed by atoms with Gasteiger partial charge in [0, 0.05) is 30.6 Å². The molecule has 5 nitrogen and oxygen atoms in total. The molecule has 0 bridgehead atoms. The number of pyridine rings is 1. The lowest BCUT2D eigenvalue weighted by Gasteiger charge is -2.33. The third kappa shape index (κ3) is 1.82. The third-order valence-electron chi connectivity index (χ3n) is 2.87. The van der Waals surface area contributed by atoms with Crippen molar-refractivity contribution in [2.45, 2.75) is 6.92 Å². The molecule has 0 atom stereocenters. The van der Waals surface area contributed by atoms with E-state index in [9.17, 15) is 4.79 Å². The van der Waals surface area contributed by atoms with Crippen molar-refractivity contribution in [3.8, 4) is 0 Å². The van der Waals surface area contributed by atoms with E-state index in [4.69, 9.17) is 16.6 Å². The molecule has 0 aliphatic carbocycles. The summed E-state index contributed by atoms with van der Waals surface area (Å²) in [7, 11) is 0. The fourth-order valence-electron chi connectivity index (χ4n) is 2.16. The predicted octanol–water partition coefficient (Wildman–Crippen LogP) is 2.35. The van der Waals surface area contributed by atoms with E-state index in [1.807, 2.05) is 17.1 Å². The second-order valence-corrected chi connectivity index (χ2v) is 4.71. The van der Waals surface area contributed by atoms with Crippen LogP contribution in [0.4, 0.5) is 11.5 Å². The Bertz CT molecular complexity index is 675. The number of fused-ring (bicyclic) bond motifs is 3. The van der Waals surface area contributed by atoms with Crippen molar-refractivity contribution >= 4 is 23.3 Å². The minimum absolute atomic E-state index is 0.157. The molecular formula is C13H12ClN3O2. The van der Waals surface area contributed by atoms with E-state index < -0.39 is 0 Å². The van der Waals surface area contributed by atoms with E-state index in [0.29, 0.717) is 23.8 Å². The number of hydrogen-bond donors (Lipinski definition) is 0. The maximum Gasteiger partial charge on any atom is 0.210 e. The van der Waals surface area contributed by atoms with E-state index in [2.05, 4.69) is 6.58 Å². The van der Waals surface area contributed by atoms with Crippen molar-refractivity contribution in [3.63, 3.8) is 0 Å². The van der Waals surface area contributed by atoms with Gasteiger partial charge in [-0.25, -0.2) is 4.09 Å². The zero-order valence-corrected chi connectivity index (χ0v) is 11.1. The van der Waals surface area contributed by atoms with Crippen LogP contribution in [0, 0.1) is 0 Å². The molecule has 0 N–H and O–H groups in total. The molecule has 1 aromatic heterocycles. The topological polar surface area (TPSA) is 37.7 Å². The van der Waals surface area contributed by atoms with Crippen LogP contribution in [-0.2, 0) is 4.84 Å². The monoisotopic (exact) mass is 277 g/mol. The molecule has 0 radical (unpaired) electrons. The molecule has 19 heavy (non-hydrogen) atoms. The Morgan fingerprint density at radius 1 is 1.53 bits per heavy atom. The van der Waals surface area contributed by atoms with Gasteiger partial charge in [0.15, 0.2) is 11.5 Å². The molecule has 0 amide bonds. The molecule has 98 valence electrons. The Hall–Kier alpha value is -2.14. The van der Waals surface area contributed by atoms with E-state index >= 15 is 0 Å². The quantitative estimate of drug-likeness (QED) is 0.778. The first-order valence-electron chi connectivity index (χ1n) is 5.78. The van der Waals surface area contributed by atoms with Gasteiger partial charge in [-0.3, -0.25) is 4.79 Å². The van der Waals surface area contributed by atoms with E-state index in [1.54, 1.807) is 13.1 Å². The van der Waals surface area contributed by atoms with Crippen molar-refractivity contribution in [2.75, 3.05) is 16.5 Å². The highest BCUT2D eigenvalue weighted by Gasteiger charge is 2.30. The van der Waals surface area contributed by atoms with E-state index in [-0.39, 0.29) is 5.43 Å². The van der Waals surface area contributed by atoms with Gasteiger partial charge in [-0.15, -0.1) is 0 Å². The number of nitrogens with zero attached hydrogens (tertiary/aromatic N) is 3. The summed E-state index contributed by atoms with van der Waals surface area (Å²) >= 11 is 6.16. The van der Waals surface area contributed by atoms with Crippen LogP contribution in [0.1, 0.15) is 6.92 Å². The minimum atomic E-state index is -0.157. The number of hydroxylamine groups is 1. The lowest BCUT2D eigenvalue weighted by atomic mass is 10.3. The van der Waals surface area contributed by atoms with Crippen LogP contribution >= 0.6 is 11.8 Å². The summed E-state index contributed by atoms with van der Waals surface area (Å²) in [5.41, 5.74) is 1.14. The summed E-state index contributed by atoms with van der Waals surface area (Å²) in [6, 6.07) is 1.41. The average Bonchev–Trinajstić information content (AvgIpc) is 2.80. The van der Waals surface area contributed by atoms with E-state index in [0.717, 1.165) is 5.70 Å². The van der Waals surface area contributed by atoms with Gasteiger partial charge in [-0.1, -0.05) is 12.7 Å². The van der Waals surface area contributed by atoms with Crippen molar-refractivity contribution in [1.82, 2.24) is 4.09 Å². The normalized spacial score (nSPS) is 16.0. The summed E-state index contributed by atoms with van der Waals surface area (Å²) in [6.45, 7) is 6.09. The van der Waals surface area contributed by atoms with Gasteiger partial charge in [-0.2, -0.15) is 5.06 Å². The number of allylic oxidation sites excluding steroid dienone is 2. The van der Waals surface area contributed by atoms with Crippen molar-refractivity contribution < 1.29 is 4.84 Å². The lowest BCUT2D eigenvalue weighted by molar-refractivity contribution is 0.212.